The molecule has 1 aliphatic rings. The van der Waals surface area contributed by atoms with Crippen LogP contribution >= 0.6 is 58.1 Å². The second kappa shape index (κ2) is 8.31. The Balaban J connectivity index is 0.000000399. The average Bonchev–Trinajstić information content (AvgIpc) is 3.15. The third kappa shape index (κ3) is 5.54. The zero-order valence-electron chi connectivity index (χ0n) is 14.2. The van der Waals surface area contributed by atoms with E-state index in [1.807, 2.05) is 0 Å². The van der Waals surface area contributed by atoms with Crippen LogP contribution in [0.25, 0.3) is 10.6 Å². The van der Waals surface area contributed by atoms with Crippen LogP contribution in [0.15, 0.2) is 60.7 Å². The van der Waals surface area contributed by atoms with Crippen LogP contribution in [0, 0.1) is 0 Å². The molecule has 0 bridgehead atoms. The van der Waals surface area contributed by atoms with Gasteiger partial charge in [0.1, 0.15) is 0 Å². The van der Waals surface area contributed by atoms with Gasteiger partial charge in [-0.25, -0.2) is 0 Å². The number of halogens is 5. The van der Waals surface area contributed by atoms with Crippen LogP contribution in [-0.2, 0) is 0 Å². The van der Waals surface area contributed by atoms with E-state index >= 15 is 0 Å². The first-order valence-corrected chi connectivity index (χ1v) is 17.5. The fourth-order valence-corrected chi connectivity index (χ4v) is 7.22. The molecule has 0 aliphatic carbocycles. The predicted octanol–water partition coefficient (Wildman–Crippen LogP) is 8.87. The lowest BCUT2D eigenvalue weighted by Crippen LogP contribution is -2.10. The normalized spacial score (nSPS) is 16.2. The molecule has 0 saturated carbocycles. The molecule has 0 radical (unpaired) electrons. The summed E-state index contributed by atoms with van der Waals surface area (Å²) < 4.78 is 0. The fraction of sp³-hybridized carbons (Fsp3) is 0.222. The highest BCUT2D eigenvalue weighted by Crippen LogP contribution is 3.01. The summed E-state index contributed by atoms with van der Waals surface area (Å²) >= 11 is 7.16. The summed E-state index contributed by atoms with van der Waals surface area (Å²) in [5.74, 6) is 0. The summed E-state index contributed by atoms with van der Waals surface area (Å²) in [7, 11) is 17.0. The molecule has 0 amide bonds. The molecule has 0 unspecified atom stereocenters. The van der Waals surface area contributed by atoms with Crippen LogP contribution in [0.1, 0.15) is 31.9 Å². The van der Waals surface area contributed by atoms with E-state index in [2.05, 4.69) is 81.4 Å². The minimum Gasteiger partial charge on any atom is -0.391 e. The molecule has 1 heterocycles. The fourth-order valence-electron chi connectivity index (χ4n) is 2.72. The van der Waals surface area contributed by atoms with Crippen molar-refractivity contribution in [1.29, 1.82) is 0 Å². The Labute approximate surface area is 174 Å². The van der Waals surface area contributed by atoms with E-state index in [9.17, 15) is 0 Å². The Bertz CT molecular complexity index is 693. The van der Waals surface area contributed by atoms with Crippen molar-refractivity contribution in [3.8, 4) is 0 Å². The molecule has 0 atom stereocenters. The summed E-state index contributed by atoms with van der Waals surface area (Å²) in [4.78, 5) is 0. The van der Waals surface area contributed by atoms with Gasteiger partial charge in [0, 0.05) is 11.1 Å². The van der Waals surface area contributed by atoms with Gasteiger partial charge in [-0.2, -0.15) is 0 Å². The zero-order chi connectivity index (χ0) is 18.9. The van der Waals surface area contributed by atoms with Crippen molar-refractivity contribution in [2.24, 2.45) is 0 Å². The Hall–Kier alpha value is 0.592. The van der Waals surface area contributed by atoms with Crippen LogP contribution in [0.4, 0.5) is 0 Å². The van der Waals surface area contributed by atoms with Crippen molar-refractivity contribution in [2.45, 2.75) is 25.9 Å². The molecule has 0 N–H and O–H groups in total. The maximum Gasteiger partial charge on any atom is 0.564 e. The Kier molecular flexibility index (Phi) is 7.27. The number of rotatable bonds is 2. The maximum absolute atomic E-state index is 7.16. The maximum atomic E-state index is 7.16. The van der Waals surface area contributed by atoms with Gasteiger partial charge in [-0.3, -0.25) is 0 Å². The Morgan fingerprint density at radius 1 is 0.680 bits per heavy atom. The van der Waals surface area contributed by atoms with Gasteiger partial charge in [0.15, 0.2) is 17.2 Å². The van der Waals surface area contributed by atoms with Gasteiger partial charge in [0.05, 0.1) is 16.4 Å². The third-order valence-corrected chi connectivity index (χ3v) is 10.2. The summed E-state index contributed by atoms with van der Waals surface area (Å²) in [6.07, 6.45) is 0. The first-order valence-electron chi connectivity index (χ1n) is 7.78. The largest absolute Gasteiger partial charge is 0.564 e. The van der Waals surface area contributed by atoms with Gasteiger partial charge >= 0.3 is 9.39 Å². The van der Waals surface area contributed by atoms with Gasteiger partial charge in [0.2, 0.25) is 0 Å². The molecule has 0 spiro atoms. The highest BCUT2D eigenvalue weighted by atomic mass is 35.9. The topological polar surface area (TPSA) is 0 Å². The van der Waals surface area contributed by atoms with Crippen LogP contribution in [-0.4, -0.2) is 14.5 Å². The predicted molar refractivity (Wildman–Crippen MR) is 121 cm³/mol. The summed E-state index contributed by atoms with van der Waals surface area (Å²) in [6, 6.07) is 21.2. The lowest BCUT2D eigenvalue weighted by Gasteiger charge is -2.19. The lowest BCUT2D eigenvalue weighted by molar-refractivity contribution is 0.793. The molecule has 2 aromatic rings. The van der Waals surface area contributed by atoms with Crippen LogP contribution in [0.3, 0.4) is 0 Å². The molecule has 2 aromatic carbocycles. The molecule has 3 rings (SSSR count). The average molecular weight is 471 g/mol. The van der Waals surface area contributed by atoms with Crippen molar-refractivity contribution in [3.05, 3.63) is 71.8 Å². The van der Waals surface area contributed by atoms with E-state index in [1.54, 1.807) is 0 Å². The van der Waals surface area contributed by atoms with Gasteiger partial charge < -0.3 is 40.2 Å². The smallest absolute Gasteiger partial charge is 0.391 e. The quantitative estimate of drug-likeness (QED) is 0.304. The monoisotopic (exact) mass is 468 g/mol. The van der Waals surface area contributed by atoms with Gasteiger partial charge in [-0.15, -0.1) is 0 Å². The second-order valence-corrected chi connectivity index (χ2v) is 24.5. The highest BCUT2D eigenvalue weighted by Gasteiger charge is 2.71. The van der Waals surface area contributed by atoms with Crippen LogP contribution < -0.4 is 0 Å². The molecule has 0 aromatic heterocycles. The Morgan fingerprint density at radius 2 is 0.960 bits per heavy atom. The minimum atomic E-state index is -2.94. The van der Waals surface area contributed by atoms with E-state index < -0.39 is 16.0 Å². The van der Waals surface area contributed by atoms with Crippen molar-refractivity contribution < 1.29 is 0 Å². The summed E-state index contributed by atoms with van der Waals surface area (Å²) in [5.41, 5.74) is 2.56. The van der Waals surface area contributed by atoms with Crippen molar-refractivity contribution in [1.82, 2.24) is 0 Å². The number of benzene rings is 2. The third-order valence-electron chi connectivity index (χ3n) is 3.81. The van der Waals surface area contributed by atoms with E-state index in [0.29, 0.717) is 0 Å². The highest BCUT2D eigenvalue weighted by molar-refractivity contribution is 8.22. The van der Waals surface area contributed by atoms with E-state index in [1.165, 1.54) is 21.8 Å². The van der Waals surface area contributed by atoms with Crippen molar-refractivity contribution in [3.63, 3.8) is 0 Å². The van der Waals surface area contributed by atoms with E-state index in [4.69, 9.17) is 51.4 Å². The molecule has 25 heavy (non-hydrogen) atoms. The van der Waals surface area contributed by atoms with E-state index in [-0.39, 0.29) is 5.16 Å². The van der Waals surface area contributed by atoms with Gasteiger partial charge in [-0.05, 0) is 20.8 Å². The minimum absolute atomic E-state index is 0.102. The molecule has 134 valence electrons. The molecular weight excluding hydrogens is 451 g/mol. The first-order chi connectivity index (χ1) is 11.5. The standard InChI is InChI=1S/C18H19ClP.Al.4ClH/c1-18(2,3)20(19)16(14-10-6-4-7-11-14)17(20)15-12-8-5-9-13-15;;;;;/h4-13H,1-3H3;;4*1H/q+1;+3;;;;/p-4. The summed E-state index contributed by atoms with van der Waals surface area (Å²) in [6.45, 7) is 5.06. The van der Waals surface area contributed by atoms with Gasteiger partial charge in [-0.1, -0.05) is 60.7 Å². The molecule has 0 nitrogen and oxygen atoms in total. The lowest BCUT2D eigenvalue weighted by atomic mass is 10.1. The zero-order valence-corrected chi connectivity index (χ0v) is 20.0. The Morgan fingerprint density at radius 3 is 1.20 bits per heavy atom. The number of hydrogen-bond donors (Lipinski definition) is 0. The first kappa shape index (κ1) is 21.9. The van der Waals surface area contributed by atoms with Crippen molar-refractivity contribution >= 4 is 78.1 Å². The van der Waals surface area contributed by atoms with Crippen LogP contribution in [0.2, 0.25) is 0 Å². The van der Waals surface area contributed by atoms with E-state index in [0.717, 1.165) is 0 Å². The molecule has 1 aliphatic heterocycles. The summed E-state index contributed by atoms with van der Waals surface area (Å²) in [5, 5.41) is 2.88. The number of hydrogen-bond acceptors (Lipinski definition) is 0. The van der Waals surface area contributed by atoms with Gasteiger partial charge in [0.25, 0.3) is 0 Å². The van der Waals surface area contributed by atoms with Crippen molar-refractivity contribution in [2.75, 3.05) is 0 Å². The van der Waals surface area contributed by atoms with Crippen LogP contribution in [0.5, 0.6) is 0 Å². The SMILES string of the molecule is CC(C)(C)[P+]1(Cl)C(c2ccccc2)=C1c1ccccc1.[Cl][Al-]([Cl])([Cl])[Cl]. The molecule has 0 fully saturated rings. The molecule has 7 heteroatoms. The molecular formula is C18H19AlCl5P. The second-order valence-electron chi connectivity index (χ2n) is 6.68. The molecule has 0 saturated heterocycles.